The van der Waals surface area contributed by atoms with Crippen LogP contribution in [0.15, 0.2) is 35.3 Å². The van der Waals surface area contributed by atoms with Crippen molar-refractivity contribution < 1.29 is 23.8 Å². The minimum absolute atomic E-state index is 0.0335. The van der Waals surface area contributed by atoms with Gasteiger partial charge in [-0.15, -0.1) is 0 Å². The van der Waals surface area contributed by atoms with Gasteiger partial charge in [0.15, 0.2) is 12.2 Å². The second-order valence-electron chi connectivity index (χ2n) is 9.27. The van der Waals surface area contributed by atoms with Crippen molar-refractivity contribution in [2.75, 3.05) is 26.3 Å². The molecule has 0 saturated carbocycles. The number of benzene rings is 1. The van der Waals surface area contributed by atoms with Gasteiger partial charge in [0.05, 0.1) is 6.04 Å². The van der Waals surface area contributed by atoms with Crippen LogP contribution in [-0.4, -0.2) is 67.5 Å². The molecule has 0 spiro atoms. The highest BCUT2D eigenvalue weighted by Crippen LogP contribution is 2.20. The molecular weight excluding hydrogens is 474 g/mol. The number of likely N-dealkylation sites (tertiary alicyclic amines) is 1. The number of nitrogens with two attached hydrogens (primary N) is 2. The molecule has 0 radical (unpaired) electrons. The van der Waals surface area contributed by atoms with Crippen LogP contribution in [0.3, 0.4) is 0 Å². The van der Waals surface area contributed by atoms with Gasteiger partial charge in [-0.3, -0.25) is 14.7 Å². The molecule has 10 heteroatoms. The first-order valence-corrected chi connectivity index (χ1v) is 13.5. The van der Waals surface area contributed by atoms with Crippen molar-refractivity contribution in [2.24, 2.45) is 16.5 Å². The summed E-state index contributed by atoms with van der Waals surface area (Å²) in [5, 5.41) is 3.11. The number of carbonyl (C=O) groups is 2. The third-order valence-corrected chi connectivity index (χ3v) is 6.18. The number of hydrogen-bond acceptors (Lipinski definition) is 6. The monoisotopic (exact) mass is 519 g/mol. The van der Waals surface area contributed by atoms with Crippen molar-refractivity contribution >= 4 is 18.0 Å². The lowest BCUT2D eigenvalue weighted by molar-refractivity contribution is -0.166. The lowest BCUT2D eigenvalue weighted by atomic mass is 10.1. The van der Waals surface area contributed by atoms with Gasteiger partial charge in [-0.1, -0.05) is 57.0 Å². The van der Waals surface area contributed by atoms with E-state index in [1.165, 1.54) is 4.90 Å². The Morgan fingerprint density at radius 2 is 1.76 bits per heavy atom. The molecule has 2 atom stereocenters. The van der Waals surface area contributed by atoms with Crippen molar-refractivity contribution in [3.05, 3.63) is 35.9 Å². The number of carbonyl (C=O) groups excluding carboxylic acids is 2. The molecular formula is C27H45N5O5. The average molecular weight is 520 g/mol. The summed E-state index contributed by atoms with van der Waals surface area (Å²) in [5.74, 6) is -0.199. The van der Waals surface area contributed by atoms with E-state index in [9.17, 15) is 9.59 Å². The van der Waals surface area contributed by atoms with Crippen LogP contribution in [0.4, 0.5) is 4.79 Å². The summed E-state index contributed by atoms with van der Waals surface area (Å²) in [6, 6.07) is 8.48. The van der Waals surface area contributed by atoms with Gasteiger partial charge < -0.3 is 31.0 Å². The Morgan fingerprint density at radius 1 is 1.08 bits per heavy atom. The molecule has 0 bridgehead atoms. The van der Waals surface area contributed by atoms with Crippen LogP contribution in [0.2, 0.25) is 0 Å². The Kier molecular flexibility index (Phi) is 14.4. The molecule has 1 aliphatic heterocycles. The number of ether oxygens (including phenoxy) is 3. The zero-order chi connectivity index (χ0) is 26.9. The zero-order valence-electron chi connectivity index (χ0n) is 22.4. The Bertz CT molecular complexity index is 809. The smallest absolute Gasteiger partial charge is 0.410 e. The highest BCUT2D eigenvalue weighted by Gasteiger charge is 2.37. The summed E-state index contributed by atoms with van der Waals surface area (Å²) >= 11 is 0. The summed E-state index contributed by atoms with van der Waals surface area (Å²) in [7, 11) is 0. The largest absolute Gasteiger partial charge is 0.445 e. The molecule has 1 fully saturated rings. The second-order valence-corrected chi connectivity index (χ2v) is 9.27. The summed E-state index contributed by atoms with van der Waals surface area (Å²) in [6.07, 6.45) is 5.20. The lowest BCUT2D eigenvalue weighted by Gasteiger charge is -2.31. The molecule has 1 aliphatic rings. The minimum atomic E-state index is -0.601. The van der Waals surface area contributed by atoms with Gasteiger partial charge in [-0.25, -0.2) is 4.79 Å². The molecule has 37 heavy (non-hydrogen) atoms. The molecule has 0 aliphatic carbocycles. The first-order valence-electron chi connectivity index (χ1n) is 13.5. The summed E-state index contributed by atoms with van der Waals surface area (Å²) in [4.78, 5) is 31.8. The number of amides is 2. The van der Waals surface area contributed by atoms with E-state index in [1.54, 1.807) is 0 Å². The number of guanidine groups is 1. The predicted molar refractivity (Wildman–Crippen MR) is 144 cm³/mol. The van der Waals surface area contributed by atoms with Gasteiger partial charge in [0.1, 0.15) is 12.6 Å². The van der Waals surface area contributed by atoms with Crippen LogP contribution >= 0.6 is 0 Å². The highest BCUT2D eigenvalue weighted by molar-refractivity contribution is 5.86. The Labute approximate surface area is 221 Å². The molecule has 5 N–H and O–H groups in total. The minimum Gasteiger partial charge on any atom is -0.445 e. The predicted octanol–water partition coefficient (Wildman–Crippen LogP) is 3.29. The van der Waals surface area contributed by atoms with Crippen molar-refractivity contribution in [2.45, 2.75) is 90.2 Å². The van der Waals surface area contributed by atoms with E-state index in [0.29, 0.717) is 45.6 Å². The SMILES string of the molecule is CCCCOC(OCCCC)[C@@H](CCCN=C(N)N)NC(=O)[C@@H]1CCCN1C(=O)OCc1ccccc1. The standard InChI is InChI=1S/C27H45N5O5/c1-3-5-18-35-25(36-19-6-4-2)22(14-10-16-30-26(28)29)31-24(33)23-15-11-17-32(23)27(34)37-20-21-12-8-7-9-13-21/h7-9,12-13,22-23,25H,3-6,10-11,14-20H2,1-2H3,(H,31,33)(H4,28,29,30)/t22-,23+/m1/s1. The van der Waals surface area contributed by atoms with Crippen LogP contribution in [0.25, 0.3) is 0 Å². The molecule has 1 heterocycles. The van der Waals surface area contributed by atoms with Gasteiger partial charge in [-0.2, -0.15) is 0 Å². The van der Waals surface area contributed by atoms with E-state index in [4.69, 9.17) is 25.7 Å². The molecule has 208 valence electrons. The molecule has 1 aromatic carbocycles. The number of nitrogens with zero attached hydrogens (tertiary/aromatic N) is 2. The van der Waals surface area contributed by atoms with Crippen LogP contribution in [0.5, 0.6) is 0 Å². The molecule has 1 saturated heterocycles. The Balaban J connectivity index is 2.05. The highest BCUT2D eigenvalue weighted by atomic mass is 16.7. The fraction of sp³-hybridized carbons (Fsp3) is 0.667. The van der Waals surface area contributed by atoms with E-state index in [2.05, 4.69) is 24.2 Å². The summed E-state index contributed by atoms with van der Waals surface area (Å²) in [6.45, 7) is 6.34. The molecule has 0 unspecified atom stereocenters. The van der Waals surface area contributed by atoms with Crippen molar-refractivity contribution in [1.82, 2.24) is 10.2 Å². The molecule has 2 amide bonds. The maximum atomic E-state index is 13.4. The zero-order valence-corrected chi connectivity index (χ0v) is 22.4. The fourth-order valence-electron chi connectivity index (χ4n) is 4.10. The Morgan fingerprint density at radius 3 is 2.38 bits per heavy atom. The van der Waals surface area contributed by atoms with Crippen molar-refractivity contribution in [3.63, 3.8) is 0 Å². The van der Waals surface area contributed by atoms with Gasteiger partial charge in [0.2, 0.25) is 5.91 Å². The maximum absolute atomic E-state index is 13.4. The molecule has 0 aromatic heterocycles. The van der Waals surface area contributed by atoms with Crippen LogP contribution in [0, 0.1) is 0 Å². The number of rotatable bonds is 17. The second kappa shape index (κ2) is 17.6. The summed E-state index contributed by atoms with van der Waals surface area (Å²) in [5.41, 5.74) is 11.8. The van der Waals surface area contributed by atoms with E-state index in [1.807, 2.05) is 30.3 Å². The first kappa shape index (κ1) is 30.4. The van der Waals surface area contributed by atoms with Gasteiger partial charge in [-0.05, 0) is 44.1 Å². The van der Waals surface area contributed by atoms with E-state index in [-0.39, 0.29) is 18.5 Å². The fourth-order valence-corrected chi connectivity index (χ4v) is 4.10. The first-order chi connectivity index (χ1) is 18.0. The van der Waals surface area contributed by atoms with E-state index < -0.39 is 24.5 Å². The van der Waals surface area contributed by atoms with Gasteiger partial charge >= 0.3 is 6.09 Å². The molecule has 2 rings (SSSR count). The summed E-state index contributed by atoms with van der Waals surface area (Å²) < 4.78 is 17.6. The third-order valence-electron chi connectivity index (χ3n) is 6.18. The normalized spacial score (nSPS) is 16.0. The molecule has 10 nitrogen and oxygen atoms in total. The topological polar surface area (TPSA) is 142 Å². The number of nitrogens with one attached hydrogen (secondary N) is 1. The van der Waals surface area contributed by atoms with Crippen LogP contribution in [0.1, 0.15) is 70.8 Å². The Hall–Kier alpha value is -2.85. The van der Waals surface area contributed by atoms with Crippen LogP contribution < -0.4 is 16.8 Å². The van der Waals surface area contributed by atoms with E-state index >= 15 is 0 Å². The maximum Gasteiger partial charge on any atom is 0.410 e. The van der Waals surface area contributed by atoms with Crippen LogP contribution in [-0.2, 0) is 25.6 Å². The van der Waals surface area contributed by atoms with Gasteiger partial charge in [0, 0.05) is 26.3 Å². The quantitative estimate of drug-likeness (QED) is 0.124. The number of unbranched alkanes of at least 4 members (excludes halogenated alkanes) is 2. The number of hydrogen-bond donors (Lipinski definition) is 3. The number of aliphatic imine (C=N–C) groups is 1. The van der Waals surface area contributed by atoms with Crippen molar-refractivity contribution in [1.29, 1.82) is 0 Å². The van der Waals surface area contributed by atoms with Gasteiger partial charge in [0.25, 0.3) is 0 Å². The third kappa shape index (κ3) is 11.4. The van der Waals surface area contributed by atoms with Crippen molar-refractivity contribution in [3.8, 4) is 0 Å². The average Bonchev–Trinajstić information content (AvgIpc) is 3.39. The lowest BCUT2D eigenvalue weighted by Crippen LogP contribution is -2.53. The molecule has 1 aromatic rings. The van der Waals surface area contributed by atoms with E-state index in [0.717, 1.165) is 37.7 Å².